The van der Waals surface area contributed by atoms with Crippen LogP contribution in [0.5, 0.6) is 5.75 Å². The first kappa shape index (κ1) is 23.2. The average molecular weight is 455 g/mol. The van der Waals surface area contributed by atoms with Crippen LogP contribution in [0.3, 0.4) is 0 Å². The quantitative estimate of drug-likeness (QED) is 0.304. The molecule has 0 saturated heterocycles. The van der Waals surface area contributed by atoms with Crippen LogP contribution in [0.15, 0.2) is 84.9 Å². The molecule has 3 aromatic carbocycles. The van der Waals surface area contributed by atoms with Crippen molar-refractivity contribution in [2.45, 2.75) is 76.6 Å². The maximum Gasteiger partial charge on any atom is 0.213 e. The largest absolute Gasteiger partial charge is 0.464 e. The highest BCUT2D eigenvalue weighted by Gasteiger charge is 2.47. The zero-order valence-corrected chi connectivity index (χ0v) is 20.8. The first-order valence-corrected chi connectivity index (χ1v) is 13.1. The molecule has 0 radical (unpaired) electrons. The summed E-state index contributed by atoms with van der Waals surface area (Å²) in [5.74, 6) is 2.91. The minimum Gasteiger partial charge on any atom is -0.464 e. The number of ether oxygens (including phenoxy) is 2. The molecule has 3 aromatic rings. The van der Waals surface area contributed by atoms with Gasteiger partial charge in [-0.2, -0.15) is 0 Å². The Kier molecular flexibility index (Phi) is 6.79. The molecule has 2 saturated carbocycles. The van der Waals surface area contributed by atoms with Crippen molar-refractivity contribution in [3.05, 3.63) is 102 Å². The molecule has 34 heavy (non-hydrogen) atoms. The van der Waals surface area contributed by atoms with Gasteiger partial charge in [-0.3, -0.25) is 0 Å². The van der Waals surface area contributed by atoms with E-state index in [9.17, 15) is 0 Å². The van der Waals surface area contributed by atoms with Crippen molar-refractivity contribution in [3.63, 3.8) is 0 Å². The summed E-state index contributed by atoms with van der Waals surface area (Å²) in [4.78, 5) is 0. The average Bonchev–Trinajstić information content (AvgIpc) is 3.52. The summed E-state index contributed by atoms with van der Waals surface area (Å²) < 4.78 is 13.8. The van der Waals surface area contributed by atoms with Gasteiger partial charge in [-0.15, -0.1) is 0 Å². The topological polar surface area (TPSA) is 18.5 Å². The second-order valence-electron chi connectivity index (χ2n) is 10.6. The van der Waals surface area contributed by atoms with Crippen LogP contribution in [-0.4, -0.2) is 12.4 Å². The highest BCUT2D eigenvalue weighted by atomic mass is 16.7. The second kappa shape index (κ2) is 9.96. The van der Waals surface area contributed by atoms with Crippen LogP contribution in [0.2, 0.25) is 0 Å². The molecule has 2 bridgehead atoms. The molecular formula is C32H38O2. The minimum absolute atomic E-state index is 0.273. The van der Waals surface area contributed by atoms with E-state index in [1.807, 2.05) is 0 Å². The monoisotopic (exact) mass is 454 g/mol. The predicted octanol–water partition coefficient (Wildman–Crippen LogP) is 8.12. The van der Waals surface area contributed by atoms with Crippen molar-refractivity contribution in [1.29, 1.82) is 0 Å². The van der Waals surface area contributed by atoms with E-state index >= 15 is 0 Å². The first-order valence-electron chi connectivity index (χ1n) is 13.1. The lowest BCUT2D eigenvalue weighted by Crippen LogP contribution is -2.46. The Hall–Kier alpha value is -2.58. The lowest BCUT2D eigenvalue weighted by Gasteiger charge is -2.40. The molecule has 0 N–H and O–H groups in total. The molecule has 0 spiro atoms. The number of hydrogen-bond acceptors (Lipinski definition) is 2. The Morgan fingerprint density at radius 2 is 1.44 bits per heavy atom. The van der Waals surface area contributed by atoms with Gasteiger partial charge in [0.2, 0.25) is 6.29 Å². The van der Waals surface area contributed by atoms with Crippen LogP contribution in [-0.2, 0) is 10.2 Å². The summed E-state index contributed by atoms with van der Waals surface area (Å²) in [6.45, 7) is 6.79. The third kappa shape index (κ3) is 4.53. The molecular weight excluding hydrogens is 416 g/mol. The lowest BCUT2D eigenvalue weighted by atomic mass is 9.75. The molecule has 2 heteroatoms. The fourth-order valence-electron chi connectivity index (χ4n) is 6.04. The van der Waals surface area contributed by atoms with Crippen molar-refractivity contribution in [3.8, 4) is 5.75 Å². The van der Waals surface area contributed by atoms with Crippen LogP contribution in [0.4, 0.5) is 0 Å². The van der Waals surface area contributed by atoms with Gasteiger partial charge < -0.3 is 9.47 Å². The molecule has 0 heterocycles. The van der Waals surface area contributed by atoms with E-state index in [4.69, 9.17) is 9.47 Å². The summed E-state index contributed by atoms with van der Waals surface area (Å²) >= 11 is 0. The summed E-state index contributed by atoms with van der Waals surface area (Å²) in [6, 6.07) is 30.1. The molecule has 0 aromatic heterocycles. The Morgan fingerprint density at radius 3 is 1.94 bits per heavy atom. The van der Waals surface area contributed by atoms with Crippen LogP contribution in [0.25, 0.3) is 0 Å². The summed E-state index contributed by atoms with van der Waals surface area (Å²) in [5.41, 5.74) is 3.34. The van der Waals surface area contributed by atoms with Crippen LogP contribution >= 0.6 is 0 Å². The molecule has 2 fully saturated rings. The van der Waals surface area contributed by atoms with Gasteiger partial charge in [-0.25, -0.2) is 0 Å². The fourth-order valence-corrected chi connectivity index (χ4v) is 6.04. The van der Waals surface area contributed by atoms with E-state index < -0.39 is 11.7 Å². The SMILES string of the molecule is CCC(C)c1ccc(OC(OC2CC3CCC2C3)C(C)(c2ccccc2)c2ccccc2)cc1. The zero-order valence-electron chi connectivity index (χ0n) is 20.8. The minimum atomic E-state index is -0.445. The Bertz CT molecular complexity index is 1000. The molecule has 2 nitrogen and oxygen atoms in total. The smallest absolute Gasteiger partial charge is 0.213 e. The number of rotatable bonds is 9. The highest BCUT2D eigenvalue weighted by molar-refractivity contribution is 5.40. The standard InChI is InChI=1S/C32H38O2/c1-4-23(2)25-17-19-29(20-18-25)33-31(34-30-22-24-15-16-26(30)21-24)32(3,27-11-7-5-8-12-27)28-13-9-6-10-14-28/h5-14,17-20,23-24,26,30-31H,4,15-16,21-22H2,1-3H3. The number of fused-ring (bicyclic) bond motifs is 2. The predicted molar refractivity (Wildman–Crippen MR) is 139 cm³/mol. The van der Waals surface area contributed by atoms with E-state index in [0.717, 1.165) is 24.5 Å². The van der Waals surface area contributed by atoms with E-state index in [0.29, 0.717) is 11.8 Å². The van der Waals surface area contributed by atoms with E-state index in [1.54, 1.807) is 0 Å². The molecule has 5 rings (SSSR count). The van der Waals surface area contributed by atoms with Crippen LogP contribution < -0.4 is 4.74 Å². The summed E-state index contributed by atoms with van der Waals surface area (Å²) in [6.07, 6.45) is 6.12. The van der Waals surface area contributed by atoms with Gasteiger partial charge >= 0.3 is 0 Å². The van der Waals surface area contributed by atoms with Gasteiger partial charge in [0.05, 0.1) is 11.5 Å². The summed E-state index contributed by atoms with van der Waals surface area (Å²) in [7, 11) is 0. The Labute approximate surface area is 205 Å². The van der Waals surface area contributed by atoms with Crippen LogP contribution in [0, 0.1) is 11.8 Å². The lowest BCUT2D eigenvalue weighted by molar-refractivity contribution is -0.160. The first-order chi connectivity index (χ1) is 16.6. The normalized spacial score (nSPS) is 23.6. The third-order valence-electron chi connectivity index (χ3n) is 8.49. The zero-order chi connectivity index (χ0) is 23.5. The van der Waals surface area contributed by atoms with Gasteiger partial charge in [0, 0.05) is 0 Å². The van der Waals surface area contributed by atoms with Crippen molar-refractivity contribution in [2.75, 3.05) is 0 Å². The highest BCUT2D eigenvalue weighted by Crippen LogP contribution is 2.48. The number of hydrogen-bond donors (Lipinski definition) is 0. The summed E-state index contributed by atoms with van der Waals surface area (Å²) in [5, 5.41) is 0. The molecule has 2 aliphatic carbocycles. The van der Waals surface area contributed by atoms with Gasteiger partial charge in [-0.05, 0) is 85.6 Å². The van der Waals surface area contributed by atoms with Crippen molar-refractivity contribution >= 4 is 0 Å². The molecule has 0 aliphatic heterocycles. The maximum absolute atomic E-state index is 7.00. The van der Waals surface area contributed by atoms with E-state index in [1.165, 1.54) is 36.0 Å². The van der Waals surface area contributed by atoms with Crippen molar-refractivity contribution in [2.24, 2.45) is 11.8 Å². The van der Waals surface area contributed by atoms with Crippen molar-refractivity contribution in [1.82, 2.24) is 0 Å². The molecule has 178 valence electrons. The molecule has 2 aliphatic rings. The molecule has 5 atom stereocenters. The molecule has 0 amide bonds. The van der Waals surface area contributed by atoms with Gasteiger partial charge in [-0.1, -0.05) is 86.6 Å². The van der Waals surface area contributed by atoms with Crippen molar-refractivity contribution < 1.29 is 9.47 Å². The van der Waals surface area contributed by atoms with E-state index in [-0.39, 0.29) is 6.10 Å². The van der Waals surface area contributed by atoms with Gasteiger partial charge in [0.15, 0.2) is 0 Å². The number of benzene rings is 3. The van der Waals surface area contributed by atoms with E-state index in [2.05, 4.69) is 106 Å². The Morgan fingerprint density at radius 1 is 0.824 bits per heavy atom. The third-order valence-corrected chi connectivity index (χ3v) is 8.49. The maximum atomic E-state index is 7.00. The van der Waals surface area contributed by atoms with Gasteiger partial charge in [0.25, 0.3) is 0 Å². The van der Waals surface area contributed by atoms with Gasteiger partial charge in [0.1, 0.15) is 5.75 Å². The second-order valence-corrected chi connectivity index (χ2v) is 10.6. The fraction of sp³-hybridized carbons (Fsp3) is 0.438. The molecule has 5 unspecified atom stereocenters. The van der Waals surface area contributed by atoms with Crippen LogP contribution in [0.1, 0.15) is 75.5 Å². The Balaban J connectivity index is 1.52.